The molecule has 0 saturated heterocycles. The van der Waals surface area contributed by atoms with Crippen molar-refractivity contribution in [3.63, 3.8) is 0 Å². The van der Waals surface area contributed by atoms with Crippen LogP contribution in [0, 0.1) is 5.92 Å². The Balaban J connectivity index is 2.22. The molecule has 2 aliphatic rings. The van der Waals surface area contributed by atoms with E-state index in [0.29, 0.717) is 12.0 Å². The van der Waals surface area contributed by atoms with Gasteiger partial charge in [-0.1, -0.05) is 26.0 Å². The third-order valence-electron chi connectivity index (χ3n) is 2.56. The molecule has 1 atom stereocenters. The Bertz CT molecular complexity index is 269. The first-order valence-electron chi connectivity index (χ1n) is 4.61. The van der Waals surface area contributed by atoms with Crippen molar-refractivity contribution in [1.82, 2.24) is 5.32 Å². The summed E-state index contributed by atoms with van der Waals surface area (Å²) in [6, 6.07) is 0.562. The summed E-state index contributed by atoms with van der Waals surface area (Å²) in [5.41, 5.74) is 2.93. The molecule has 12 heavy (non-hydrogen) atoms. The van der Waals surface area contributed by atoms with Gasteiger partial charge in [0.15, 0.2) is 0 Å². The summed E-state index contributed by atoms with van der Waals surface area (Å²) in [6.07, 6.45) is 10.0. The Morgan fingerprint density at radius 3 is 3.08 bits per heavy atom. The first kappa shape index (κ1) is 7.66. The molecule has 1 heteroatoms. The number of hydrogen-bond donors (Lipinski definition) is 1. The van der Waals surface area contributed by atoms with E-state index in [0.717, 1.165) is 6.42 Å². The van der Waals surface area contributed by atoms with E-state index in [1.807, 2.05) is 6.20 Å². The second-order valence-corrected chi connectivity index (χ2v) is 3.79. The largest absolute Gasteiger partial charge is 0.384 e. The number of fused-ring (bicyclic) bond motifs is 1. The molecule has 0 spiro atoms. The van der Waals surface area contributed by atoms with Crippen LogP contribution in [-0.2, 0) is 0 Å². The standard InChI is InChI=1S/C11H15N/c1-8(2)9-3-4-11-10(7-9)5-6-12-11/h3,5-8,11-12H,4H2,1-2H3. The van der Waals surface area contributed by atoms with Gasteiger partial charge in [0.05, 0.1) is 6.04 Å². The average Bonchev–Trinajstić information content (AvgIpc) is 2.49. The summed E-state index contributed by atoms with van der Waals surface area (Å²) >= 11 is 0. The molecular weight excluding hydrogens is 146 g/mol. The minimum Gasteiger partial charge on any atom is -0.384 e. The molecule has 1 unspecified atom stereocenters. The number of hydrogen-bond acceptors (Lipinski definition) is 1. The summed E-state index contributed by atoms with van der Waals surface area (Å²) in [5, 5.41) is 3.32. The van der Waals surface area contributed by atoms with Gasteiger partial charge < -0.3 is 5.32 Å². The monoisotopic (exact) mass is 161 g/mol. The molecular formula is C11H15N. The Morgan fingerprint density at radius 2 is 2.33 bits per heavy atom. The Hall–Kier alpha value is -0.980. The topological polar surface area (TPSA) is 12.0 Å². The van der Waals surface area contributed by atoms with Crippen LogP contribution < -0.4 is 5.32 Å². The van der Waals surface area contributed by atoms with E-state index < -0.39 is 0 Å². The van der Waals surface area contributed by atoms with E-state index in [-0.39, 0.29) is 0 Å². The van der Waals surface area contributed by atoms with Crippen LogP contribution in [0.4, 0.5) is 0 Å². The number of allylic oxidation sites excluding steroid dienone is 2. The molecule has 1 nitrogen and oxygen atoms in total. The minimum absolute atomic E-state index is 0.562. The van der Waals surface area contributed by atoms with Crippen LogP contribution in [0.5, 0.6) is 0 Å². The number of nitrogens with one attached hydrogen (secondary N) is 1. The van der Waals surface area contributed by atoms with Crippen molar-refractivity contribution in [1.29, 1.82) is 0 Å². The first-order chi connectivity index (χ1) is 5.77. The molecule has 0 aromatic carbocycles. The average molecular weight is 161 g/mol. The summed E-state index contributed by atoms with van der Waals surface area (Å²) in [7, 11) is 0. The zero-order valence-corrected chi connectivity index (χ0v) is 7.67. The molecule has 0 saturated carbocycles. The molecule has 0 bridgehead atoms. The third-order valence-corrected chi connectivity index (χ3v) is 2.56. The van der Waals surface area contributed by atoms with Gasteiger partial charge in [0, 0.05) is 0 Å². The van der Waals surface area contributed by atoms with Crippen molar-refractivity contribution in [2.75, 3.05) is 0 Å². The smallest absolute Gasteiger partial charge is 0.0543 e. The van der Waals surface area contributed by atoms with Crippen LogP contribution >= 0.6 is 0 Å². The van der Waals surface area contributed by atoms with E-state index >= 15 is 0 Å². The molecule has 2 rings (SSSR count). The van der Waals surface area contributed by atoms with Crippen molar-refractivity contribution < 1.29 is 0 Å². The van der Waals surface area contributed by atoms with Crippen molar-refractivity contribution in [3.8, 4) is 0 Å². The predicted molar refractivity (Wildman–Crippen MR) is 51.7 cm³/mol. The lowest BCUT2D eigenvalue weighted by molar-refractivity contribution is 0.682. The molecule has 0 radical (unpaired) electrons. The van der Waals surface area contributed by atoms with Crippen LogP contribution in [0.3, 0.4) is 0 Å². The fraction of sp³-hybridized carbons (Fsp3) is 0.455. The maximum atomic E-state index is 3.32. The van der Waals surface area contributed by atoms with Gasteiger partial charge in [-0.2, -0.15) is 0 Å². The van der Waals surface area contributed by atoms with Crippen LogP contribution in [0.25, 0.3) is 0 Å². The van der Waals surface area contributed by atoms with Crippen molar-refractivity contribution in [2.24, 2.45) is 5.92 Å². The molecule has 64 valence electrons. The first-order valence-corrected chi connectivity index (χ1v) is 4.61. The quantitative estimate of drug-likeness (QED) is 0.622. The lowest BCUT2D eigenvalue weighted by atomic mass is 9.91. The van der Waals surface area contributed by atoms with E-state index in [1.165, 1.54) is 11.1 Å². The van der Waals surface area contributed by atoms with Gasteiger partial charge in [0.25, 0.3) is 0 Å². The van der Waals surface area contributed by atoms with E-state index in [2.05, 4.69) is 37.4 Å². The van der Waals surface area contributed by atoms with Crippen LogP contribution in [0.2, 0.25) is 0 Å². The van der Waals surface area contributed by atoms with Crippen molar-refractivity contribution >= 4 is 0 Å². The number of rotatable bonds is 1. The van der Waals surface area contributed by atoms with E-state index in [4.69, 9.17) is 0 Å². The molecule has 1 aliphatic heterocycles. The van der Waals surface area contributed by atoms with Gasteiger partial charge in [-0.25, -0.2) is 0 Å². The van der Waals surface area contributed by atoms with Crippen LogP contribution in [-0.4, -0.2) is 6.04 Å². The highest BCUT2D eigenvalue weighted by molar-refractivity contribution is 5.41. The third kappa shape index (κ3) is 1.20. The minimum atomic E-state index is 0.562. The van der Waals surface area contributed by atoms with Crippen LogP contribution in [0.1, 0.15) is 20.3 Å². The van der Waals surface area contributed by atoms with Crippen molar-refractivity contribution in [2.45, 2.75) is 26.3 Å². The van der Waals surface area contributed by atoms with Crippen molar-refractivity contribution in [3.05, 3.63) is 35.6 Å². The zero-order chi connectivity index (χ0) is 8.55. The Kier molecular flexibility index (Phi) is 1.80. The molecule has 0 amide bonds. The fourth-order valence-electron chi connectivity index (χ4n) is 1.73. The molecule has 1 N–H and O–H groups in total. The Morgan fingerprint density at radius 1 is 1.50 bits per heavy atom. The fourth-order valence-corrected chi connectivity index (χ4v) is 1.73. The normalized spacial score (nSPS) is 26.4. The van der Waals surface area contributed by atoms with Gasteiger partial charge in [0.2, 0.25) is 0 Å². The van der Waals surface area contributed by atoms with Crippen LogP contribution in [0.15, 0.2) is 35.6 Å². The Labute approximate surface area is 73.9 Å². The second kappa shape index (κ2) is 2.81. The van der Waals surface area contributed by atoms with Gasteiger partial charge in [-0.05, 0) is 35.8 Å². The molecule has 1 heterocycles. The van der Waals surface area contributed by atoms with Gasteiger partial charge in [0.1, 0.15) is 0 Å². The SMILES string of the molecule is CC(C)C1=CCC2NC=CC2=C1. The lowest BCUT2D eigenvalue weighted by Crippen LogP contribution is -2.22. The second-order valence-electron chi connectivity index (χ2n) is 3.79. The van der Waals surface area contributed by atoms with Gasteiger partial charge >= 0.3 is 0 Å². The highest BCUT2D eigenvalue weighted by atomic mass is 14.9. The molecule has 0 fully saturated rings. The highest BCUT2D eigenvalue weighted by Gasteiger charge is 2.18. The molecule has 1 aliphatic carbocycles. The van der Waals surface area contributed by atoms with Gasteiger partial charge in [-0.3, -0.25) is 0 Å². The lowest BCUT2D eigenvalue weighted by Gasteiger charge is -2.19. The maximum absolute atomic E-state index is 3.32. The summed E-state index contributed by atoms with van der Waals surface area (Å²) in [4.78, 5) is 0. The summed E-state index contributed by atoms with van der Waals surface area (Å²) < 4.78 is 0. The highest BCUT2D eigenvalue weighted by Crippen LogP contribution is 2.25. The van der Waals surface area contributed by atoms with Gasteiger partial charge in [-0.15, -0.1) is 0 Å². The molecule has 0 aromatic rings. The summed E-state index contributed by atoms with van der Waals surface area (Å²) in [5.74, 6) is 0.660. The van der Waals surface area contributed by atoms with E-state index in [9.17, 15) is 0 Å². The zero-order valence-electron chi connectivity index (χ0n) is 7.67. The summed E-state index contributed by atoms with van der Waals surface area (Å²) in [6.45, 7) is 4.49. The maximum Gasteiger partial charge on any atom is 0.0543 e. The van der Waals surface area contributed by atoms with E-state index in [1.54, 1.807) is 0 Å². The predicted octanol–water partition coefficient (Wildman–Crippen LogP) is 2.38. The molecule has 0 aromatic heterocycles.